The summed E-state index contributed by atoms with van der Waals surface area (Å²) in [5, 5.41) is 0. The average Bonchev–Trinajstić information content (AvgIpc) is 3.38. The molecule has 0 N–H and O–H groups in total. The molecule has 0 aromatic carbocycles. The zero-order valence-electron chi connectivity index (χ0n) is 36.1. The Balaban J connectivity index is 4.60. The van der Waals surface area contributed by atoms with E-state index in [4.69, 9.17) is 7.79 Å². The van der Waals surface area contributed by atoms with Crippen molar-refractivity contribution in [3.63, 3.8) is 0 Å². The Morgan fingerprint density at radius 3 is 0.257 bits per heavy atom. The largest absolute Gasteiger partial charge is 0.125 e. The van der Waals surface area contributed by atoms with Crippen molar-refractivity contribution in [2.24, 2.45) is 0 Å². The molecule has 0 unspecified atom stereocenters. The van der Waals surface area contributed by atoms with E-state index in [1.165, 1.54) is 0 Å². The van der Waals surface area contributed by atoms with Crippen LogP contribution in [0, 0.1) is 415 Å². The summed E-state index contributed by atoms with van der Waals surface area (Å²) in [6.07, 6.45) is 6.82. The van der Waals surface area contributed by atoms with E-state index in [1.54, 1.807) is 0 Å². The van der Waals surface area contributed by atoms with Gasteiger partial charge in [0.05, 0.1) is 0 Å². The predicted octanol–water partition coefficient (Wildman–Crippen LogP) is 0.365. The summed E-state index contributed by atoms with van der Waals surface area (Å²) < 4.78 is 6.58. The molecule has 0 aromatic rings. The molecule has 70 heavy (non-hydrogen) atoms. The maximum atomic E-state index is 6.58. The van der Waals surface area contributed by atoms with Crippen LogP contribution in [0.1, 0.15) is 1.37 Å². The molecular weight excluding hydrogens is 841 g/mol. The van der Waals surface area contributed by atoms with Gasteiger partial charge in [0.15, 0.2) is 0 Å². The van der Waals surface area contributed by atoms with E-state index in [2.05, 4.69) is 403 Å². The molecule has 0 nitrogen and oxygen atoms in total. The van der Waals surface area contributed by atoms with Crippen LogP contribution in [0.25, 0.3) is 0 Å². The molecule has 0 aliphatic heterocycles. The Morgan fingerprint density at radius 1 is 0.114 bits per heavy atom. The van der Waals surface area contributed by atoms with Crippen LogP contribution in [0.2, 0.25) is 0 Å². The lowest BCUT2D eigenvalue weighted by Gasteiger charge is -1.57. The topological polar surface area (TPSA) is 0 Å². The monoisotopic (exact) mass is 843 g/mol. The molecule has 0 spiro atoms. The summed E-state index contributed by atoms with van der Waals surface area (Å²) in [4.78, 5) is 0. The molecule has 0 saturated carbocycles. The average molecular weight is 844 g/mol. The van der Waals surface area contributed by atoms with Gasteiger partial charge < -0.3 is 0 Å². The minimum absolute atomic E-state index is 1.87. The third-order valence-corrected chi connectivity index (χ3v) is 4.20. The first-order valence-corrected chi connectivity index (χ1v) is 17.3. The van der Waals surface area contributed by atoms with E-state index in [-0.39, 0.29) is 0 Å². The Labute approximate surface area is 414 Å². The van der Waals surface area contributed by atoms with Crippen LogP contribution in [0.4, 0.5) is 0 Å². The third-order valence-electron chi connectivity index (χ3n) is 4.20. The highest BCUT2D eigenvalue weighted by atomic mass is 13.6. The normalized spacial score (nSPS) is 4.01. The predicted molar refractivity (Wildman–Crippen MR) is 274 cm³/mol. The zero-order valence-corrected chi connectivity index (χ0v) is 35.1. The summed E-state index contributed by atoms with van der Waals surface area (Å²) in [6.45, 7) is 0. The van der Waals surface area contributed by atoms with Gasteiger partial charge in [0.2, 0.25) is 0 Å². The molecule has 0 saturated heterocycles. The second-order valence-corrected chi connectivity index (χ2v) is 8.52. The van der Waals surface area contributed by atoms with Crippen molar-refractivity contribution >= 4 is 0 Å². The quantitative estimate of drug-likeness (QED) is 0.310. The molecule has 0 rings (SSSR count). The lowest BCUT2D eigenvalue weighted by atomic mass is 10.4. The first-order chi connectivity index (χ1) is 35.4. The van der Waals surface area contributed by atoms with Gasteiger partial charge in [0, 0.05) is 308 Å². The highest BCUT2D eigenvalue weighted by molar-refractivity contribution is 5.53. The van der Waals surface area contributed by atoms with Gasteiger partial charge in [0.1, 0.15) is 1.37 Å². The van der Waals surface area contributed by atoms with Crippen LogP contribution >= 0.6 is 0 Å². The first kappa shape index (κ1) is 52.6. The number of terminal acetylenes is 2. The molecule has 0 bridgehead atoms. The van der Waals surface area contributed by atoms with Gasteiger partial charge in [-0.1, -0.05) is 0 Å². The number of rotatable bonds is 0. The van der Waals surface area contributed by atoms with Gasteiger partial charge >= 0.3 is 0 Å². The molecule has 0 fully saturated rings. The van der Waals surface area contributed by atoms with Crippen LogP contribution in [-0.2, 0) is 0 Å². The van der Waals surface area contributed by atoms with Crippen LogP contribution in [0.5, 0.6) is 0 Å². The van der Waals surface area contributed by atoms with Crippen molar-refractivity contribution in [3.05, 3.63) is 0 Å². The maximum absolute atomic E-state index is 6.58. The molecule has 0 heterocycles. The summed E-state index contributed by atoms with van der Waals surface area (Å²) in [6, 6.07) is 0. The molecule has 0 atom stereocenters. The van der Waals surface area contributed by atoms with Crippen molar-refractivity contribution in [3.8, 4) is 415 Å². The van der Waals surface area contributed by atoms with E-state index in [0.717, 1.165) is 0 Å². The Kier molecular flexibility index (Phi) is 40.3. The first-order valence-electron chi connectivity index (χ1n) is 17.8. The summed E-state index contributed by atoms with van der Waals surface area (Å²) >= 11 is 0. The molecular formula is C70H2. The van der Waals surface area contributed by atoms with Crippen molar-refractivity contribution in [1.82, 2.24) is 0 Å². The second kappa shape index (κ2) is 53.6. The van der Waals surface area contributed by atoms with Gasteiger partial charge in [0.25, 0.3) is 0 Å². The summed E-state index contributed by atoms with van der Waals surface area (Å²) in [5.74, 6) is 168. The molecule has 282 valence electrons. The third kappa shape index (κ3) is 52.6. The zero-order chi connectivity index (χ0) is 50.8. The van der Waals surface area contributed by atoms with Gasteiger partial charge in [-0.3, -0.25) is 0 Å². The lowest BCUT2D eigenvalue weighted by molar-refractivity contribution is 2.31. The van der Waals surface area contributed by atoms with E-state index in [0.29, 0.717) is 0 Å². The minimum atomic E-state index is 1.87. The molecule has 0 aliphatic carbocycles. The molecule has 0 heteroatoms. The Hall–Kier alpha value is -15.4. The molecule has 0 aromatic heterocycles. The highest BCUT2D eigenvalue weighted by Crippen LogP contribution is 1.64. The van der Waals surface area contributed by atoms with Gasteiger partial charge in [-0.05, 0) is 94.7 Å². The summed E-state index contributed by atoms with van der Waals surface area (Å²) in [5.41, 5.74) is 0. The minimum Gasteiger partial charge on any atom is -0.106 e. The van der Waals surface area contributed by atoms with Gasteiger partial charge in [-0.15, -0.1) is 12.8 Å². The van der Waals surface area contributed by atoms with Crippen LogP contribution in [0.3, 0.4) is 0 Å². The Bertz CT molecular complexity index is 4680. The van der Waals surface area contributed by atoms with E-state index >= 15 is 0 Å². The smallest absolute Gasteiger partial charge is 0.106 e. The van der Waals surface area contributed by atoms with Gasteiger partial charge in [-0.25, -0.2) is 0 Å². The van der Waals surface area contributed by atoms with Crippen molar-refractivity contribution in [2.75, 3.05) is 0 Å². The van der Waals surface area contributed by atoms with Gasteiger partial charge in [-0.2, -0.15) is 0 Å². The van der Waals surface area contributed by atoms with E-state index in [1.807, 2.05) is 6.40 Å². The number of hydrogen-bond acceptors (Lipinski definition) is 0. The van der Waals surface area contributed by atoms with Crippen LogP contribution in [0.15, 0.2) is 0 Å². The molecule has 0 amide bonds. The number of hydrogen-bond donors (Lipinski definition) is 0. The fourth-order valence-electron chi connectivity index (χ4n) is 2.07. The van der Waals surface area contributed by atoms with Crippen LogP contribution < -0.4 is 0 Å². The molecule has 0 aliphatic rings. The van der Waals surface area contributed by atoms with Crippen LogP contribution in [-0.4, -0.2) is 0 Å². The maximum Gasteiger partial charge on any atom is 0.125 e. The second-order valence-electron chi connectivity index (χ2n) is 8.52. The highest BCUT2D eigenvalue weighted by Gasteiger charge is 1.64. The lowest BCUT2D eigenvalue weighted by Crippen LogP contribution is -1.57. The van der Waals surface area contributed by atoms with E-state index in [9.17, 15) is 0 Å². The van der Waals surface area contributed by atoms with Crippen molar-refractivity contribution in [2.45, 2.75) is 0 Å². The summed E-state index contributed by atoms with van der Waals surface area (Å²) in [7, 11) is 0. The van der Waals surface area contributed by atoms with Crippen molar-refractivity contribution in [1.29, 1.82) is 0 Å². The van der Waals surface area contributed by atoms with Crippen molar-refractivity contribution < 1.29 is 1.37 Å². The molecule has 0 radical (unpaired) electrons. The van der Waals surface area contributed by atoms with E-state index < -0.39 is 0 Å². The Morgan fingerprint density at radius 2 is 0.186 bits per heavy atom. The standard InChI is InChI=1S/C70H2/c1-3-5-7-9-11-13-15-17-19-21-23-25-27-29-31-33-35-37-39-41-43-45-47-49-51-53-55-57-59-61-63-65-67-69-70-68-66-64-62-60-58-56-54-52-50-48-46-44-42-40-38-36-34-32-30-28-26-24-22-20-18-16-14-12-10-8-6-4-2/h1-2H/i1D. The fraction of sp³-hybridized carbons (Fsp3) is 0. The SMILES string of the molecule is [2H]C#CC#CC#CC#CC#CC#CC#CC#CC#CC#CC#CC#CC#CC#CC#CC#CC#CC#CC#CC#CC#CC#CC#CC#CC#CC#CC#CC#CC#CC#CC#CC#CC#CC#CC#C. The fourth-order valence-corrected chi connectivity index (χ4v) is 2.07.